The van der Waals surface area contributed by atoms with Crippen molar-refractivity contribution in [1.29, 1.82) is 0 Å². The van der Waals surface area contributed by atoms with E-state index in [1.807, 2.05) is 12.2 Å². The van der Waals surface area contributed by atoms with Crippen molar-refractivity contribution in [3.63, 3.8) is 0 Å². The van der Waals surface area contributed by atoms with E-state index in [4.69, 9.17) is 34.0 Å². The Morgan fingerprint density at radius 1 is 0.796 bits per heavy atom. The average molecular weight is 788 g/mol. The number of ether oxygens (including phenoxy) is 2. The number of hydrogen-bond acceptors (Lipinski definition) is 11. The van der Waals surface area contributed by atoms with Crippen LogP contribution in [0.5, 0.6) is 0 Å². The predicted molar refractivity (Wildman–Crippen MR) is 210 cm³/mol. The number of fused-ring (bicyclic) bond motifs is 2. The summed E-state index contributed by atoms with van der Waals surface area (Å²) in [6.07, 6.45) is 29.5. The van der Waals surface area contributed by atoms with Crippen molar-refractivity contribution in [3.05, 3.63) is 24.3 Å². The summed E-state index contributed by atoms with van der Waals surface area (Å²) in [5.41, 5.74) is 5.35. The molecule has 1 saturated carbocycles. The number of carbonyl (C=O) groups is 2. The predicted octanol–water partition coefficient (Wildman–Crippen LogP) is 8.96. The van der Waals surface area contributed by atoms with E-state index in [-0.39, 0.29) is 56.6 Å². The Morgan fingerprint density at radius 3 is 2.07 bits per heavy atom. The molecule has 0 amide bonds. The van der Waals surface area contributed by atoms with E-state index >= 15 is 0 Å². The summed E-state index contributed by atoms with van der Waals surface area (Å²) >= 11 is 0. The number of rotatable bonds is 35. The Balaban J connectivity index is 1.69. The second-order valence-corrected chi connectivity index (χ2v) is 16.4. The third-order valence-electron chi connectivity index (χ3n) is 10.2. The molecule has 1 aliphatic carbocycles. The molecular formula is C41H74NO11P. The van der Waals surface area contributed by atoms with E-state index in [2.05, 4.69) is 26.0 Å². The van der Waals surface area contributed by atoms with Gasteiger partial charge in [-0.05, 0) is 32.1 Å². The number of phosphoric acid groups is 1. The molecule has 2 fully saturated rings. The number of carbonyl (C=O) groups excluding carboxylic acids is 2. The van der Waals surface area contributed by atoms with Crippen LogP contribution >= 0.6 is 7.82 Å². The Labute approximate surface area is 325 Å². The van der Waals surface area contributed by atoms with Crippen LogP contribution in [0.1, 0.15) is 162 Å². The molecule has 4 N–H and O–H groups in total. The van der Waals surface area contributed by atoms with Gasteiger partial charge in [0, 0.05) is 37.6 Å². The molecule has 1 heterocycles. The molecule has 0 aromatic rings. The van der Waals surface area contributed by atoms with Crippen LogP contribution in [0, 0.1) is 11.8 Å². The molecule has 0 spiro atoms. The second kappa shape index (κ2) is 30.5. The first-order chi connectivity index (χ1) is 26.2. The molecular weight excluding hydrogens is 713 g/mol. The summed E-state index contributed by atoms with van der Waals surface area (Å²) in [5.74, 6) is -0.499. The van der Waals surface area contributed by atoms with Crippen molar-refractivity contribution in [3.8, 4) is 0 Å². The highest BCUT2D eigenvalue weighted by Gasteiger charge is 2.49. The van der Waals surface area contributed by atoms with E-state index in [0.717, 1.165) is 51.4 Å². The smallest absolute Gasteiger partial charge is 0.462 e. The van der Waals surface area contributed by atoms with Gasteiger partial charge in [0.1, 0.15) is 12.7 Å². The fourth-order valence-corrected chi connectivity index (χ4v) is 7.76. The van der Waals surface area contributed by atoms with E-state index in [9.17, 15) is 24.2 Å². The second-order valence-electron chi connectivity index (χ2n) is 15.0. The van der Waals surface area contributed by atoms with Gasteiger partial charge in [-0.15, -0.1) is 0 Å². The van der Waals surface area contributed by atoms with E-state index in [1.165, 1.54) is 64.2 Å². The molecule has 314 valence electrons. The molecule has 2 rings (SSSR count). The van der Waals surface area contributed by atoms with Gasteiger partial charge in [0.25, 0.3) is 0 Å². The highest BCUT2D eigenvalue weighted by Crippen LogP contribution is 2.45. The molecule has 1 aliphatic heterocycles. The molecule has 2 bridgehead atoms. The van der Waals surface area contributed by atoms with Gasteiger partial charge >= 0.3 is 19.8 Å². The highest BCUT2D eigenvalue weighted by molar-refractivity contribution is 7.47. The van der Waals surface area contributed by atoms with Crippen molar-refractivity contribution in [2.75, 3.05) is 26.4 Å². The zero-order valence-electron chi connectivity index (χ0n) is 33.5. The average Bonchev–Trinajstić information content (AvgIpc) is 3.76. The third-order valence-corrected chi connectivity index (χ3v) is 11.1. The molecule has 0 radical (unpaired) electrons. The number of nitrogens with two attached hydrogens (primary N) is 1. The minimum absolute atomic E-state index is 0.00429. The van der Waals surface area contributed by atoms with E-state index < -0.39 is 38.6 Å². The van der Waals surface area contributed by atoms with Crippen molar-refractivity contribution >= 4 is 19.8 Å². The topological polar surface area (TPSA) is 173 Å². The lowest BCUT2D eigenvalue weighted by atomic mass is 9.89. The maximum absolute atomic E-state index is 12.7. The first-order valence-corrected chi connectivity index (χ1v) is 22.7. The maximum atomic E-state index is 12.7. The molecule has 0 aromatic heterocycles. The summed E-state index contributed by atoms with van der Waals surface area (Å²) in [4.78, 5) is 46.0. The Hall–Kier alpha value is -1.63. The number of esters is 2. The normalized spacial score (nSPS) is 21.9. The van der Waals surface area contributed by atoms with E-state index in [1.54, 1.807) is 0 Å². The Morgan fingerprint density at radius 2 is 1.41 bits per heavy atom. The number of unbranched alkanes of at least 4 members (excludes halogenated alkanes) is 15. The molecule has 0 aromatic carbocycles. The van der Waals surface area contributed by atoms with Gasteiger partial charge in [0.05, 0.1) is 25.4 Å². The lowest BCUT2D eigenvalue weighted by Gasteiger charge is -2.27. The number of aliphatic hydroxyl groups is 1. The van der Waals surface area contributed by atoms with Crippen LogP contribution in [0.3, 0.4) is 0 Å². The van der Waals surface area contributed by atoms with Gasteiger partial charge in [-0.2, -0.15) is 0 Å². The van der Waals surface area contributed by atoms with Crippen LogP contribution in [-0.2, 0) is 42.5 Å². The maximum Gasteiger partial charge on any atom is 0.472 e. The minimum Gasteiger partial charge on any atom is -0.462 e. The van der Waals surface area contributed by atoms with Gasteiger partial charge in [0.2, 0.25) is 0 Å². The molecule has 2 aliphatic rings. The van der Waals surface area contributed by atoms with Crippen LogP contribution in [0.25, 0.3) is 0 Å². The zero-order chi connectivity index (χ0) is 39.3. The third kappa shape index (κ3) is 22.8. The lowest BCUT2D eigenvalue weighted by Crippen LogP contribution is -2.29. The van der Waals surface area contributed by atoms with Gasteiger partial charge in [-0.25, -0.2) is 14.3 Å². The fraction of sp³-hybridized carbons (Fsp3) is 0.854. The minimum atomic E-state index is -4.42. The molecule has 12 nitrogen and oxygen atoms in total. The van der Waals surface area contributed by atoms with Crippen molar-refractivity contribution < 1.29 is 52.5 Å². The van der Waals surface area contributed by atoms with Crippen LogP contribution in [-0.4, -0.2) is 72.7 Å². The fourth-order valence-electron chi connectivity index (χ4n) is 7.00. The van der Waals surface area contributed by atoms with E-state index in [0.29, 0.717) is 19.3 Å². The number of phosphoric ester groups is 1. The van der Waals surface area contributed by atoms with Gasteiger partial charge in [0.15, 0.2) is 6.10 Å². The number of allylic oxidation sites excluding steroid dienone is 2. The van der Waals surface area contributed by atoms with Gasteiger partial charge < -0.3 is 25.2 Å². The lowest BCUT2D eigenvalue weighted by molar-refractivity contribution is -0.336. The monoisotopic (exact) mass is 787 g/mol. The summed E-state index contributed by atoms with van der Waals surface area (Å²) in [6, 6.07) is 0. The summed E-state index contributed by atoms with van der Waals surface area (Å²) < 4.78 is 32.8. The SMILES string of the molecule is CCCCCCCCCCCCCCCC(=O)OCC(COP(=O)(O)OCCN)OC(=O)CCC/C=C\CC1C2CC(OO2)C1/C=C/C(O)CCCCC. The molecule has 13 heteroatoms. The number of hydrogen-bond donors (Lipinski definition) is 3. The first-order valence-electron chi connectivity index (χ1n) is 21.2. The molecule has 7 atom stereocenters. The zero-order valence-corrected chi connectivity index (χ0v) is 34.4. The van der Waals surface area contributed by atoms with Crippen LogP contribution in [0.15, 0.2) is 24.3 Å². The number of aliphatic hydroxyl groups excluding tert-OH is 1. The summed E-state index contributed by atoms with van der Waals surface area (Å²) in [5, 5.41) is 10.3. The quantitative estimate of drug-likeness (QED) is 0.0183. The summed E-state index contributed by atoms with van der Waals surface area (Å²) in [7, 11) is -4.42. The first kappa shape index (κ1) is 48.5. The van der Waals surface area contributed by atoms with Gasteiger partial charge in [-0.1, -0.05) is 134 Å². The standard InChI is InChI=1S/C41H74NO11P/c1-3-5-7-8-9-10-11-12-13-14-15-16-21-25-40(44)48-32-35(33-50-54(46,47)49-30-29-42)51-41(45)26-22-18-17-20-24-36-37(39-31-38(36)52-53-39)28-27-34(43)23-19-6-4-2/h17,20,27-28,34-39,43H,3-16,18-19,21-26,29-33,42H2,1-2H3,(H,46,47)/b20-17-,28-27+. The van der Waals surface area contributed by atoms with Crippen LogP contribution in [0.4, 0.5) is 0 Å². The van der Waals surface area contributed by atoms with Crippen molar-refractivity contribution in [1.82, 2.24) is 0 Å². The molecule has 54 heavy (non-hydrogen) atoms. The largest absolute Gasteiger partial charge is 0.472 e. The summed E-state index contributed by atoms with van der Waals surface area (Å²) in [6.45, 7) is 3.47. The van der Waals surface area contributed by atoms with Crippen LogP contribution < -0.4 is 5.73 Å². The van der Waals surface area contributed by atoms with Crippen LogP contribution in [0.2, 0.25) is 0 Å². The Kier molecular flexibility index (Phi) is 27.4. The Bertz CT molecular complexity index is 1090. The van der Waals surface area contributed by atoms with Gasteiger partial charge in [-0.3, -0.25) is 18.6 Å². The van der Waals surface area contributed by atoms with Crippen molar-refractivity contribution in [2.24, 2.45) is 17.6 Å². The molecule has 1 saturated heterocycles. The van der Waals surface area contributed by atoms with Crippen molar-refractivity contribution in [2.45, 2.75) is 186 Å². The molecule has 7 unspecified atom stereocenters. The highest BCUT2D eigenvalue weighted by atomic mass is 31.2.